The highest BCUT2D eigenvalue weighted by Gasteiger charge is 2.27. The summed E-state index contributed by atoms with van der Waals surface area (Å²) in [6.45, 7) is 5.30. The number of amides is 1. The van der Waals surface area contributed by atoms with Crippen LogP contribution >= 0.6 is 0 Å². The van der Waals surface area contributed by atoms with E-state index in [1.165, 1.54) is 12.8 Å². The number of hydrogen-bond donors (Lipinski definition) is 2. The van der Waals surface area contributed by atoms with Crippen LogP contribution in [0.1, 0.15) is 48.2 Å². The van der Waals surface area contributed by atoms with E-state index in [0.29, 0.717) is 40.3 Å². The van der Waals surface area contributed by atoms with Crippen molar-refractivity contribution in [3.63, 3.8) is 0 Å². The predicted molar refractivity (Wildman–Crippen MR) is 127 cm³/mol. The van der Waals surface area contributed by atoms with E-state index in [1.54, 1.807) is 24.3 Å². The number of nitrogens with two attached hydrogens (primary N) is 1. The van der Waals surface area contributed by atoms with Crippen molar-refractivity contribution >= 4 is 17.3 Å². The standard InChI is InChI=1S/C26H27N5O/c1-17-7-8-18(2)31(17)16-19-13-22(14-27)25(29-15-19)20-9-11-21(12-10-20)26(32)30-24-6-4-3-5-23(24)28/h3-6,9-13,15,17-18H,7-8,16,28H2,1-2H3,(H,30,32)/t17-,18?/m1/s1. The van der Waals surface area contributed by atoms with Crippen molar-refractivity contribution in [2.24, 2.45) is 0 Å². The van der Waals surface area contributed by atoms with Crippen LogP contribution in [0.5, 0.6) is 0 Å². The highest BCUT2D eigenvalue weighted by atomic mass is 16.1. The molecule has 162 valence electrons. The maximum Gasteiger partial charge on any atom is 0.255 e. The molecule has 6 nitrogen and oxygen atoms in total. The van der Waals surface area contributed by atoms with Crippen molar-refractivity contribution in [3.05, 3.63) is 77.5 Å². The predicted octanol–water partition coefficient (Wildman–Crippen LogP) is 4.83. The molecular formula is C26H27N5O. The van der Waals surface area contributed by atoms with Gasteiger partial charge >= 0.3 is 0 Å². The first-order valence-electron chi connectivity index (χ1n) is 10.9. The summed E-state index contributed by atoms with van der Waals surface area (Å²) in [6.07, 6.45) is 4.26. The van der Waals surface area contributed by atoms with Crippen LogP contribution in [-0.2, 0) is 6.54 Å². The molecule has 0 radical (unpaired) electrons. The lowest BCUT2D eigenvalue weighted by Crippen LogP contribution is -2.32. The van der Waals surface area contributed by atoms with E-state index in [9.17, 15) is 10.1 Å². The second kappa shape index (κ2) is 9.21. The minimum absolute atomic E-state index is 0.243. The minimum atomic E-state index is -0.243. The first kappa shape index (κ1) is 21.5. The Bertz CT molecular complexity index is 1160. The highest BCUT2D eigenvalue weighted by molar-refractivity contribution is 6.05. The molecule has 32 heavy (non-hydrogen) atoms. The fraction of sp³-hybridized carbons (Fsp3) is 0.269. The van der Waals surface area contributed by atoms with Gasteiger partial charge in [0.1, 0.15) is 6.07 Å². The topological polar surface area (TPSA) is 95.0 Å². The van der Waals surface area contributed by atoms with Crippen LogP contribution in [-0.4, -0.2) is 27.9 Å². The zero-order chi connectivity index (χ0) is 22.7. The van der Waals surface area contributed by atoms with Crippen molar-refractivity contribution in [2.75, 3.05) is 11.1 Å². The van der Waals surface area contributed by atoms with Crippen molar-refractivity contribution in [3.8, 4) is 17.3 Å². The number of carbonyl (C=O) groups excluding carboxylic acids is 1. The fourth-order valence-electron chi connectivity index (χ4n) is 4.27. The third-order valence-electron chi connectivity index (χ3n) is 6.19. The van der Waals surface area contributed by atoms with Crippen molar-refractivity contribution < 1.29 is 4.79 Å². The Morgan fingerprint density at radius 3 is 2.50 bits per heavy atom. The number of nitrogens with one attached hydrogen (secondary N) is 1. The van der Waals surface area contributed by atoms with E-state index >= 15 is 0 Å². The molecule has 1 unspecified atom stereocenters. The summed E-state index contributed by atoms with van der Waals surface area (Å²) in [5, 5.41) is 12.5. The van der Waals surface area contributed by atoms with Crippen LogP contribution in [0.3, 0.4) is 0 Å². The molecule has 3 aromatic rings. The maximum absolute atomic E-state index is 12.6. The summed E-state index contributed by atoms with van der Waals surface area (Å²) in [4.78, 5) is 19.6. The Labute approximate surface area is 188 Å². The van der Waals surface area contributed by atoms with Crippen LogP contribution in [0.15, 0.2) is 60.8 Å². The summed E-state index contributed by atoms with van der Waals surface area (Å²) in [5.41, 5.74) is 10.5. The SMILES string of the molecule is CC1CC[C@@H](C)N1Cc1cnc(-c2ccc(C(=O)Nc3ccccc3N)cc2)c(C#N)c1. The molecule has 0 spiro atoms. The van der Waals surface area contributed by atoms with E-state index < -0.39 is 0 Å². The largest absolute Gasteiger partial charge is 0.397 e. The van der Waals surface area contributed by atoms with E-state index in [1.807, 2.05) is 36.5 Å². The molecule has 4 rings (SSSR count). The zero-order valence-corrected chi connectivity index (χ0v) is 18.4. The van der Waals surface area contributed by atoms with Gasteiger partial charge in [-0.2, -0.15) is 5.26 Å². The van der Waals surface area contributed by atoms with Gasteiger partial charge in [0.05, 0.1) is 22.6 Å². The number of benzene rings is 2. The highest BCUT2D eigenvalue weighted by Crippen LogP contribution is 2.28. The number of hydrogen-bond acceptors (Lipinski definition) is 5. The molecule has 2 atom stereocenters. The quantitative estimate of drug-likeness (QED) is 0.571. The molecule has 1 amide bonds. The normalized spacial score (nSPS) is 18.3. The van der Waals surface area contributed by atoms with E-state index in [2.05, 4.69) is 35.1 Å². The molecule has 1 aliphatic heterocycles. The molecule has 1 aliphatic rings. The smallest absolute Gasteiger partial charge is 0.255 e. The Kier molecular flexibility index (Phi) is 6.20. The number of nitrogen functional groups attached to an aromatic ring is 1. The number of nitrogens with zero attached hydrogens (tertiary/aromatic N) is 3. The summed E-state index contributed by atoms with van der Waals surface area (Å²) in [6, 6.07) is 19.5. The molecule has 6 heteroatoms. The number of aromatic nitrogens is 1. The Hall–Kier alpha value is -3.69. The molecule has 1 aromatic heterocycles. The molecule has 3 N–H and O–H groups in total. The molecule has 2 aromatic carbocycles. The molecule has 0 saturated carbocycles. The number of para-hydroxylation sites is 2. The monoisotopic (exact) mass is 425 g/mol. The Balaban J connectivity index is 1.51. The number of anilines is 2. The third-order valence-corrected chi connectivity index (χ3v) is 6.19. The van der Waals surface area contributed by atoms with Crippen LogP contribution in [0.2, 0.25) is 0 Å². The Morgan fingerprint density at radius 2 is 1.84 bits per heavy atom. The number of nitriles is 1. The van der Waals surface area contributed by atoms with Gasteiger partial charge in [-0.25, -0.2) is 0 Å². The lowest BCUT2D eigenvalue weighted by molar-refractivity contribution is 0.102. The van der Waals surface area contributed by atoms with Gasteiger partial charge in [-0.1, -0.05) is 24.3 Å². The molecule has 2 heterocycles. The minimum Gasteiger partial charge on any atom is -0.397 e. The summed E-state index contributed by atoms with van der Waals surface area (Å²) < 4.78 is 0. The number of likely N-dealkylation sites (tertiary alicyclic amines) is 1. The molecule has 0 aliphatic carbocycles. The Morgan fingerprint density at radius 1 is 1.16 bits per heavy atom. The first-order valence-corrected chi connectivity index (χ1v) is 10.9. The number of pyridine rings is 1. The van der Waals surface area contributed by atoms with Gasteiger partial charge in [0.25, 0.3) is 5.91 Å². The van der Waals surface area contributed by atoms with E-state index in [-0.39, 0.29) is 5.91 Å². The summed E-state index contributed by atoms with van der Waals surface area (Å²) >= 11 is 0. The van der Waals surface area contributed by atoms with Gasteiger partial charge < -0.3 is 11.1 Å². The lowest BCUT2D eigenvalue weighted by Gasteiger charge is -2.26. The van der Waals surface area contributed by atoms with Gasteiger partial charge in [-0.15, -0.1) is 0 Å². The van der Waals surface area contributed by atoms with Crippen LogP contribution < -0.4 is 11.1 Å². The van der Waals surface area contributed by atoms with Gasteiger partial charge in [-0.3, -0.25) is 14.7 Å². The second-order valence-corrected chi connectivity index (χ2v) is 8.42. The van der Waals surface area contributed by atoms with E-state index in [4.69, 9.17) is 5.73 Å². The van der Waals surface area contributed by atoms with Crippen LogP contribution in [0.4, 0.5) is 11.4 Å². The van der Waals surface area contributed by atoms with Gasteiger partial charge in [-0.05, 0) is 62.6 Å². The van der Waals surface area contributed by atoms with Crippen molar-refractivity contribution in [1.82, 2.24) is 9.88 Å². The molecule has 0 bridgehead atoms. The van der Waals surface area contributed by atoms with E-state index in [0.717, 1.165) is 17.7 Å². The lowest BCUT2D eigenvalue weighted by atomic mass is 10.0. The van der Waals surface area contributed by atoms with Crippen LogP contribution in [0, 0.1) is 11.3 Å². The maximum atomic E-state index is 12.6. The molecule has 1 saturated heterocycles. The van der Waals surface area contributed by atoms with Crippen LogP contribution in [0.25, 0.3) is 11.3 Å². The van der Waals surface area contributed by atoms with Gasteiger partial charge in [0.15, 0.2) is 0 Å². The summed E-state index contributed by atoms with van der Waals surface area (Å²) in [7, 11) is 0. The molecular weight excluding hydrogens is 398 g/mol. The van der Waals surface area contributed by atoms with Crippen molar-refractivity contribution in [2.45, 2.75) is 45.3 Å². The number of carbonyl (C=O) groups is 1. The first-order chi connectivity index (χ1) is 15.5. The summed E-state index contributed by atoms with van der Waals surface area (Å²) in [5.74, 6) is -0.243. The van der Waals surface area contributed by atoms with Crippen molar-refractivity contribution in [1.29, 1.82) is 5.26 Å². The fourth-order valence-corrected chi connectivity index (χ4v) is 4.27. The average molecular weight is 426 g/mol. The average Bonchev–Trinajstić information content (AvgIpc) is 3.12. The van der Waals surface area contributed by atoms with Gasteiger partial charge in [0, 0.05) is 36.0 Å². The zero-order valence-electron chi connectivity index (χ0n) is 18.4. The van der Waals surface area contributed by atoms with Gasteiger partial charge in [0.2, 0.25) is 0 Å². The number of rotatable bonds is 5. The second-order valence-electron chi connectivity index (χ2n) is 8.42. The molecule has 1 fully saturated rings. The third kappa shape index (κ3) is 4.48.